The molecule has 1 saturated carbocycles. The van der Waals surface area contributed by atoms with Gasteiger partial charge in [0, 0.05) is 30.1 Å². The first-order valence-corrected chi connectivity index (χ1v) is 7.70. The second kappa shape index (κ2) is 4.88. The molecule has 2 aromatic rings. The van der Waals surface area contributed by atoms with E-state index in [1.54, 1.807) is 6.20 Å². The van der Waals surface area contributed by atoms with Crippen LogP contribution >= 0.6 is 0 Å². The highest BCUT2D eigenvalue weighted by molar-refractivity contribution is 5.94. The molecular formula is C17H20N2O2. The molecule has 1 aliphatic carbocycles. The Balaban J connectivity index is 1.61. The lowest BCUT2D eigenvalue weighted by Crippen LogP contribution is -2.48. The molecule has 1 atom stereocenters. The fourth-order valence-corrected chi connectivity index (χ4v) is 3.45. The van der Waals surface area contributed by atoms with Gasteiger partial charge < -0.3 is 15.2 Å². The van der Waals surface area contributed by atoms with Crippen molar-refractivity contribution < 1.29 is 9.47 Å². The van der Waals surface area contributed by atoms with Crippen LogP contribution in [0.4, 0.5) is 5.69 Å². The molecule has 0 bridgehead atoms. The maximum Gasteiger partial charge on any atom is 0.146 e. The maximum atomic E-state index is 6.26. The highest BCUT2D eigenvalue weighted by Crippen LogP contribution is 2.43. The number of nitrogen functional groups attached to an aromatic ring is 1. The van der Waals surface area contributed by atoms with Crippen molar-refractivity contribution in [2.45, 2.75) is 43.8 Å². The first kappa shape index (κ1) is 12.9. The summed E-state index contributed by atoms with van der Waals surface area (Å²) in [5, 5.41) is 0.959. The van der Waals surface area contributed by atoms with Crippen LogP contribution in [-0.4, -0.2) is 23.3 Å². The van der Waals surface area contributed by atoms with E-state index in [1.807, 2.05) is 24.3 Å². The van der Waals surface area contributed by atoms with Gasteiger partial charge in [-0.3, -0.25) is 4.98 Å². The van der Waals surface area contributed by atoms with E-state index in [9.17, 15) is 0 Å². The van der Waals surface area contributed by atoms with Crippen molar-refractivity contribution >= 4 is 16.6 Å². The van der Waals surface area contributed by atoms with E-state index in [1.165, 1.54) is 19.3 Å². The molecule has 1 unspecified atom stereocenters. The van der Waals surface area contributed by atoms with E-state index in [-0.39, 0.29) is 11.7 Å². The van der Waals surface area contributed by atoms with Gasteiger partial charge in [0.1, 0.15) is 17.4 Å². The van der Waals surface area contributed by atoms with Crippen LogP contribution in [0.25, 0.3) is 10.9 Å². The highest BCUT2D eigenvalue weighted by atomic mass is 16.5. The second-order valence-electron chi connectivity index (χ2n) is 6.17. The topological polar surface area (TPSA) is 57.4 Å². The monoisotopic (exact) mass is 284 g/mol. The average Bonchev–Trinajstić information content (AvgIpc) is 2.49. The molecule has 4 nitrogen and oxygen atoms in total. The van der Waals surface area contributed by atoms with Gasteiger partial charge in [-0.15, -0.1) is 0 Å². The standard InChI is InChI=1S/C17H20N2O2/c18-14-4-5-15(16-13(14)3-1-9-19-16)21-12-6-10-20-17(11-12)7-2-8-17/h1,3-5,9,12H,2,6-8,10-11,18H2. The van der Waals surface area contributed by atoms with Crippen LogP contribution in [-0.2, 0) is 4.74 Å². The summed E-state index contributed by atoms with van der Waals surface area (Å²) >= 11 is 0. The molecule has 4 rings (SSSR count). The highest BCUT2D eigenvalue weighted by Gasteiger charge is 2.43. The first-order chi connectivity index (χ1) is 10.3. The van der Waals surface area contributed by atoms with E-state index in [0.717, 1.165) is 41.8 Å². The van der Waals surface area contributed by atoms with E-state index < -0.39 is 0 Å². The second-order valence-corrected chi connectivity index (χ2v) is 6.17. The number of anilines is 1. The predicted molar refractivity (Wildman–Crippen MR) is 82.3 cm³/mol. The number of hydrogen-bond acceptors (Lipinski definition) is 4. The molecule has 2 N–H and O–H groups in total. The van der Waals surface area contributed by atoms with E-state index in [0.29, 0.717) is 0 Å². The Labute approximate surface area is 124 Å². The number of rotatable bonds is 2. The Kier molecular flexibility index (Phi) is 3.00. The van der Waals surface area contributed by atoms with Crippen LogP contribution in [0, 0.1) is 0 Å². The van der Waals surface area contributed by atoms with Crippen molar-refractivity contribution in [3.8, 4) is 5.75 Å². The molecule has 1 aromatic carbocycles. The van der Waals surface area contributed by atoms with E-state index >= 15 is 0 Å². The van der Waals surface area contributed by atoms with Crippen LogP contribution in [0.2, 0.25) is 0 Å². The Hall–Kier alpha value is -1.81. The zero-order valence-corrected chi connectivity index (χ0v) is 12.0. The van der Waals surface area contributed by atoms with Gasteiger partial charge in [-0.05, 0) is 43.5 Å². The van der Waals surface area contributed by atoms with Gasteiger partial charge in [-0.2, -0.15) is 0 Å². The Morgan fingerprint density at radius 2 is 2.19 bits per heavy atom. The molecule has 2 fully saturated rings. The summed E-state index contributed by atoms with van der Waals surface area (Å²) in [5.41, 5.74) is 7.71. The van der Waals surface area contributed by atoms with Crippen molar-refractivity contribution in [2.24, 2.45) is 0 Å². The predicted octanol–water partition coefficient (Wildman–Crippen LogP) is 3.30. The molecular weight excluding hydrogens is 264 g/mol. The number of hydrogen-bond donors (Lipinski definition) is 1. The molecule has 21 heavy (non-hydrogen) atoms. The number of aromatic nitrogens is 1. The van der Waals surface area contributed by atoms with Gasteiger partial charge >= 0.3 is 0 Å². The van der Waals surface area contributed by atoms with Gasteiger partial charge in [0.15, 0.2) is 0 Å². The summed E-state index contributed by atoms with van der Waals surface area (Å²) in [5.74, 6) is 0.834. The number of pyridine rings is 1. The third kappa shape index (κ3) is 2.23. The first-order valence-electron chi connectivity index (χ1n) is 7.70. The van der Waals surface area contributed by atoms with Gasteiger partial charge in [-0.25, -0.2) is 0 Å². The fourth-order valence-electron chi connectivity index (χ4n) is 3.45. The van der Waals surface area contributed by atoms with Gasteiger partial charge in [-0.1, -0.05) is 0 Å². The van der Waals surface area contributed by atoms with E-state index in [4.69, 9.17) is 15.2 Å². The lowest BCUT2D eigenvalue weighted by molar-refractivity contribution is -0.153. The van der Waals surface area contributed by atoms with Crippen molar-refractivity contribution in [3.05, 3.63) is 30.5 Å². The number of nitrogens with zero attached hydrogens (tertiary/aromatic N) is 1. The molecule has 1 spiro atoms. The van der Waals surface area contributed by atoms with Gasteiger partial charge in [0.25, 0.3) is 0 Å². The summed E-state index contributed by atoms with van der Waals surface area (Å²) in [7, 11) is 0. The fraction of sp³-hybridized carbons (Fsp3) is 0.471. The smallest absolute Gasteiger partial charge is 0.146 e. The molecule has 2 aliphatic rings. The number of benzene rings is 1. The van der Waals surface area contributed by atoms with Crippen molar-refractivity contribution in [3.63, 3.8) is 0 Å². The van der Waals surface area contributed by atoms with Crippen LogP contribution in [0.15, 0.2) is 30.5 Å². The zero-order chi connectivity index (χ0) is 14.3. The van der Waals surface area contributed by atoms with E-state index in [2.05, 4.69) is 4.98 Å². The summed E-state index contributed by atoms with van der Waals surface area (Å²) in [4.78, 5) is 4.44. The summed E-state index contributed by atoms with van der Waals surface area (Å²) in [6.45, 7) is 0.797. The van der Waals surface area contributed by atoms with Gasteiger partial charge in [0.2, 0.25) is 0 Å². The minimum absolute atomic E-state index is 0.0972. The summed E-state index contributed by atoms with van der Waals surface area (Å²) in [6.07, 6.45) is 7.56. The molecule has 0 radical (unpaired) electrons. The minimum Gasteiger partial charge on any atom is -0.488 e. The Morgan fingerprint density at radius 3 is 3.00 bits per heavy atom. The van der Waals surface area contributed by atoms with Crippen molar-refractivity contribution in [1.82, 2.24) is 4.98 Å². The number of fused-ring (bicyclic) bond motifs is 1. The van der Waals surface area contributed by atoms with Crippen molar-refractivity contribution in [1.29, 1.82) is 0 Å². The lowest BCUT2D eigenvalue weighted by Gasteiger charge is -2.46. The molecule has 1 aromatic heterocycles. The number of ether oxygens (including phenoxy) is 2. The summed E-state index contributed by atoms with van der Waals surface area (Å²) in [6, 6.07) is 7.73. The average molecular weight is 284 g/mol. The summed E-state index contributed by atoms with van der Waals surface area (Å²) < 4.78 is 12.2. The maximum absolute atomic E-state index is 6.26. The normalized spacial score (nSPS) is 23.9. The third-order valence-corrected chi connectivity index (χ3v) is 4.77. The molecule has 110 valence electrons. The minimum atomic E-state index is 0.0972. The Bertz CT molecular complexity index is 667. The SMILES string of the molecule is Nc1ccc(OC2CCOC3(CCC3)C2)c2ncccc12. The third-order valence-electron chi connectivity index (χ3n) is 4.77. The molecule has 2 heterocycles. The van der Waals surface area contributed by atoms with Crippen molar-refractivity contribution in [2.75, 3.05) is 12.3 Å². The molecule has 4 heteroatoms. The van der Waals surface area contributed by atoms with Gasteiger partial charge in [0.05, 0.1) is 12.2 Å². The number of nitrogens with two attached hydrogens (primary N) is 1. The molecule has 1 aliphatic heterocycles. The quantitative estimate of drug-likeness (QED) is 0.860. The molecule has 0 amide bonds. The van der Waals surface area contributed by atoms with Crippen LogP contribution < -0.4 is 10.5 Å². The Morgan fingerprint density at radius 1 is 1.29 bits per heavy atom. The molecule has 1 saturated heterocycles. The lowest BCUT2D eigenvalue weighted by atomic mass is 9.74. The largest absolute Gasteiger partial charge is 0.488 e. The zero-order valence-electron chi connectivity index (χ0n) is 12.0. The van der Waals surface area contributed by atoms with Crippen LogP contribution in [0.1, 0.15) is 32.1 Å². The van der Waals surface area contributed by atoms with Crippen LogP contribution in [0.3, 0.4) is 0 Å². The van der Waals surface area contributed by atoms with Crippen LogP contribution in [0.5, 0.6) is 5.75 Å².